The van der Waals surface area contributed by atoms with E-state index < -0.39 is 16.1 Å². The van der Waals surface area contributed by atoms with Gasteiger partial charge in [-0.25, -0.2) is 13.1 Å². The molecule has 0 saturated heterocycles. The lowest BCUT2D eigenvalue weighted by Crippen LogP contribution is -2.29. The van der Waals surface area contributed by atoms with Gasteiger partial charge in [0.15, 0.2) is 0 Å². The maximum Gasteiger partial charge on any atom is 0.215 e. The molecular weight excluding hydrogens is 314 g/mol. The zero-order valence-corrected chi connectivity index (χ0v) is 14.0. The molecule has 5 nitrogen and oxygen atoms in total. The van der Waals surface area contributed by atoms with E-state index in [9.17, 15) is 13.5 Å². The average Bonchev–Trinajstić information content (AvgIpc) is 2.55. The first-order valence-electron chi connectivity index (χ1n) is 7.24. The third kappa shape index (κ3) is 5.35. The summed E-state index contributed by atoms with van der Waals surface area (Å²) in [5.74, 6) is 0.502. The minimum Gasteiger partial charge on any atom is -0.497 e. The zero-order chi connectivity index (χ0) is 16.9. The molecule has 2 rings (SSSR count). The van der Waals surface area contributed by atoms with Crippen molar-refractivity contribution in [2.24, 2.45) is 0 Å². The van der Waals surface area contributed by atoms with Crippen molar-refractivity contribution in [2.45, 2.75) is 18.8 Å². The van der Waals surface area contributed by atoms with E-state index in [0.717, 1.165) is 5.56 Å². The number of aliphatic hydroxyl groups excluding tert-OH is 1. The van der Waals surface area contributed by atoms with Crippen LogP contribution in [0.3, 0.4) is 0 Å². The Morgan fingerprint density at radius 2 is 1.87 bits per heavy atom. The molecule has 0 saturated carbocycles. The number of sulfonamides is 1. The monoisotopic (exact) mass is 335 g/mol. The third-order valence-electron chi connectivity index (χ3n) is 3.45. The van der Waals surface area contributed by atoms with Crippen LogP contribution < -0.4 is 9.46 Å². The van der Waals surface area contributed by atoms with Crippen LogP contribution in [0.2, 0.25) is 0 Å². The van der Waals surface area contributed by atoms with Gasteiger partial charge in [-0.2, -0.15) is 0 Å². The minimum atomic E-state index is -3.51. The van der Waals surface area contributed by atoms with Crippen molar-refractivity contribution < 1.29 is 18.3 Å². The van der Waals surface area contributed by atoms with Crippen molar-refractivity contribution in [3.8, 4) is 5.75 Å². The molecule has 0 aliphatic carbocycles. The Balaban J connectivity index is 1.96. The van der Waals surface area contributed by atoms with Gasteiger partial charge in [-0.3, -0.25) is 0 Å². The van der Waals surface area contributed by atoms with Crippen molar-refractivity contribution in [2.75, 3.05) is 13.7 Å². The Kier molecular flexibility index (Phi) is 5.76. The van der Waals surface area contributed by atoms with Gasteiger partial charge in [0.05, 0.1) is 19.0 Å². The number of aryl methyl sites for hydroxylation is 1. The first kappa shape index (κ1) is 17.5. The van der Waals surface area contributed by atoms with Crippen LogP contribution in [0, 0.1) is 6.92 Å². The van der Waals surface area contributed by atoms with Crippen LogP contribution in [0.1, 0.15) is 22.8 Å². The van der Waals surface area contributed by atoms with E-state index in [0.29, 0.717) is 16.9 Å². The maximum absolute atomic E-state index is 12.1. The van der Waals surface area contributed by atoms with Crippen LogP contribution in [-0.2, 0) is 15.8 Å². The molecule has 0 spiro atoms. The van der Waals surface area contributed by atoms with E-state index >= 15 is 0 Å². The summed E-state index contributed by atoms with van der Waals surface area (Å²) >= 11 is 0. The van der Waals surface area contributed by atoms with Gasteiger partial charge in [0.1, 0.15) is 5.75 Å². The van der Waals surface area contributed by atoms with Crippen LogP contribution in [0.4, 0.5) is 0 Å². The van der Waals surface area contributed by atoms with Gasteiger partial charge in [-0.05, 0) is 30.2 Å². The Hall–Kier alpha value is -1.89. The summed E-state index contributed by atoms with van der Waals surface area (Å²) in [6.07, 6.45) is -0.933. The van der Waals surface area contributed by atoms with Crippen molar-refractivity contribution in [3.63, 3.8) is 0 Å². The second-order valence-corrected chi connectivity index (χ2v) is 7.19. The van der Waals surface area contributed by atoms with Gasteiger partial charge >= 0.3 is 0 Å². The summed E-state index contributed by atoms with van der Waals surface area (Å²) in [6, 6.07) is 14.2. The van der Waals surface area contributed by atoms with Crippen LogP contribution in [0.15, 0.2) is 48.5 Å². The molecule has 2 N–H and O–H groups in total. The first-order valence-corrected chi connectivity index (χ1v) is 8.90. The summed E-state index contributed by atoms with van der Waals surface area (Å²) in [5, 5.41) is 10.1. The number of ether oxygens (including phenoxy) is 1. The molecule has 23 heavy (non-hydrogen) atoms. The smallest absolute Gasteiger partial charge is 0.215 e. The predicted octanol–water partition coefficient (Wildman–Crippen LogP) is 2.16. The van der Waals surface area contributed by atoms with Gasteiger partial charge in [-0.15, -0.1) is 0 Å². The van der Waals surface area contributed by atoms with Crippen molar-refractivity contribution >= 4 is 10.0 Å². The largest absolute Gasteiger partial charge is 0.497 e. The number of rotatable bonds is 7. The van der Waals surface area contributed by atoms with Gasteiger partial charge in [-0.1, -0.05) is 42.0 Å². The number of nitrogens with one attached hydrogen (secondary N) is 1. The predicted molar refractivity (Wildman–Crippen MR) is 89.8 cm³/mol. The second kappa shape index (κ2) is 7.59. The average molecular weight is 335 g/mol. The van der Waals surface area contributed by atoms with Gasteiger partial charge in [0.2, 0.25) is 10.0 Å². The van der Waals surface area contributed by atoms with Crippen LogP contribution in [0.5, 0.6) is 5.75 Å². The zero-order valence-electron chi connectivity index (χ0n) is 13.2. The molecular formula is C17H21NO4S. The minimum absolute atomic E-state index is 0.0820. The van der Waals surface area contributed by atoms with Crippen molar-refractivity contribution in [1.29, 1.82) is 0 Å². The normalized spacial score (nSPS) is 12.8. The summed E-state index contributed by atoms with van der Waals surface area (Å²) in [5.41, 5.74) is 2.38. The van der Waals surface area contributed by atoms with E-state index in [1.165, 1.54) is 7.11 Å². The number of hydrogen-bond acceptors (Lipinski definition) is 4. The molecule has 0 aromatic heterocycles. The van der Waals surface area contributed by atoms with E-state index in [1.54, 1.807) is 36.4 Å². The van der Waals surface area contributed by atoms with Crippen molar-refractivity contribution in [1.82, 2.24) is 4.72 Å². The lowest BCUT2D eigenvalue weighted by atomic mass is 10.1. The second-order valence-electron chi connectivity index (χ2n) is 5.39. The molecule has 2 aromatic rings. The van der Waals surface area contributed by atoms with Crippen LogP contribution >= 0.6 is 0 Å². The molecule has 0 amide bonds. The molecule has 6 heteroatoms. The van der Waals surface area contributed by atoms with E-state index in [2.05, 4.69) is 4.72 Å². The molecule has 0 heterocycles. The molecule has 1 unspecified atom stereocenters. The number of aliphatic hydroxyl groups is 1. The van der Waals surface area contributed by atoms with E-state index in [-0.39, 0.29) is 12.3 Å². The topological polar surface area (TPSA) is 75.6 Å². The summed E-state index contributed by atoms with van der Waals surface area (Å²) in [7, 11) is -1.97. The Labute approximate surface area is 137 Å². The van der Waals surface area contributed by atoms with E-state index in [1.807, 2.05) is 19.1 Å². The summed E-state index contributed by atoms with van der Waals surface area (Å²) in [4.78, 5) is 0. The molecule has 0 aliphatic heterocycles. The molecule has 2 aromatic carbocycles. The molecule has 124 valence electrons. The molecule has 0 bridgehead atoms. The molecule has 1 atom stereocenters. The highest BCUT2D eigenvalue weighted by Crippen LogP contribution is 2.18. The van der Waals surface area contributed by atoms with Gasteiger partial charge in [0, 0.05) is 6.54 Å². The molecule has 0 aliphatic rings. The fourth-order valence-corrected chi connectivity index (χ4v) is 3.27. The van der Waals surface area contributed by atoms with E-state index in [4.69, 9.17) is 4.74 Å². The fourth-order valence-electron chi connectivity index (χ4n) is 2.13. The van der Waals surface area contributed by atoms with Crippen molar-refractivity contribution in [3.05, 3.63) is 65.2 Å². The molecule has 0 fully saturated rings. The lowest BCUT2D eigenvalue weighted by molar-refractivity contribution is 0.181. The lowest BCUT2D eigenvalue weighted by Gasteiger charge is -2.13. The highest BCUT2D eigenvalue weighted by atomic mass is 32.2. The number of benzene rings is 2. The SMILES string of the molecule is COc1cccc(C(O)CNS(=O)(=O)Cc2ccc(C)cc2)c1. The third-order valence-corrected chi connectivity index (χ3v) is 4.77. The Bertz CT molecular complexity index is 741. The Morgan fingerprint density at radius 3 is 2.52 bits per heavy atom. The highest BCUT2D eigenvalue weighted by Gasteiger charge is 2.15. The number of hydrogen-bond donors (Lipinski definition) is 2. The number of methoxy groups -OCH3 is 1. The maximum atomic E-state index is 12.1. The highest BCUT2D eigenvalue weighted by molar-refractivity contribution is 7.88. The van der Waals surface area contributed by atoms with Crippen LogP contribution in [-0.4, -0.2) is 27.2 Å². The van der Waals surface area contributed by atoms with Crippen LogP contribution in [0.25, 0.3) is 0 Å². The molecule has 0 radical (unpaired) electrons. The van der Waals surface area contributed by atoms with Gasteiger partial charge < -0.3 is 9.84 Å². The standard InChI is InChI=1S/C17H21NO4S/c1-13-6-8-14(9-7-13)12-23(20,21)18-11-17(19)15-4-3-5-16(10-15)22-2/h3-10,17-19H,11-12H2,1-2H3. The fraction of sp³-hybridized carbons (Fsp3) is 0.294. The van der Waals surface area contributed by atoms with Gasteiger partial charge in [0.25, 0.3) is 0 Å². The quantitative estimate of drug-likeness (QED) is 0.813. The Morgan fingerprint density at radius 1 is 1.17 bits per heavy atom. The summed E-state index contributed by atoms with van der Waals surface area (Å²) < 4.78 is 31.7. The first-order chi connectivity index (χ1) is 10.9. The summed E-state index contributed by atoms with van der Waals surface area (Å²) in [6.45, 7) is 1.86.